The van der Waals surface area contributed by atoms with Gasteiger partial charge in [0.1, 0.15) is 0 Å². The Hall–Kier alpha value is -3.15. The fraction of sp³-hybridized carbons (Fsp3) is 0.286. The maximum atomic E-state index is 12.5. The average Bonchev–Trinajstić information content (AvgIpc) is 3.02. The maximum Gasteiger partial charge on any atom is 0.337 e. The lowest BCUT2D eigenvalue weighted by Crippen LogP contribution is -2.28. The van der Waals surface area contributed by atoms with E-state index in [2.05, 4.69) is 10.1 Å². The Kier molecular flexibility index (Phi) is 5.54. The smallest absolute Gasteiger partial charge is 0.337 e. The van der Waals surface area contributed by atoms with Crippen LogP contribution in [-0.4, -0.2) is 36.3 Å². The predicted octanol–water partition coefficient (Wildman–Crippen LogP) is 2.77. The van der Waals surface area contributed by atoms with Crippen molar-refractivity contribution in [2.75, 3.05) is 19.0 Å². The van der Waals surface area contributed by atoms with E-state index < -0.39 is 5.97 Å². The quantitative estimate of drug-likeness (QED) is 0.826. The molecule has 0 saturated carbocycles. The number of benzene rings is 2. The third kappa shape index (κ3) is 4.53. The number of ether oxygens (including phenoxy) is 1. The van der Waals surface area contributed by atoms with E-state index in [-0.39, 0.29) is 24.2 Å². The number of carbonyl (C=O) groups excluding carboxylic acids is 3. The van der Waals surface area contributed by atoms with Crippen LogP contribution in [0.1, 0.15) is 27.9 Å². The van der Waals surface area contributed by atoms with Crippen molar-refractivity contribution in [2.24, 2.45) is 5.92 Å². The molecule has 0 aromatic heterocycles. The summed E-state index contributed by atoms with van der Waals surface area (Å²) < 4.78 is 4.65. The van der Waals surface area contributed by atoms with E-state index in [1.807, 2.05) is 31.2 Å². The number of likely N-dealkylation sites (tertiary alicyclic amines) is 1. The van der Waals surface area contributed by atoms with Crippen LogP contribution in [0.15, 0.2) is 48.5 Å². The SMILES string of the molecule is COC(=O)c1ccc(NC(=O)C2CC(=O)N(Cc3cccc(C)c3)C2)cc1. The van der Waals surface area contributed by atoms with Crippen LogP contribution in [0.2, 0.25) is 0 Å². The summed E-state index contributed by atoms with van der Waals surface area (Å²) >= 11 is 0. The van der Waals surface area contributed by atoms with Gasteiger partial charge >= 0.3 is 5.97 Å². The van der Waals surface area contributed by atoms with Crippen molar-refractivity contribution < 1.29 is 19.1 Å². The van der Waals surface area contributed by atoms with Crippen LogP contribution >= 0.6 is 0 Å². The van der Waals surface area contributed by atoms with E-state index in [4.69, 9.17) is 0 Å². The summed E-state index contributed by atoms with van der Waals surface area (Å²) in [6, 6.07) is 14.5. The highest BCUT2D eigenvalue weighted by Gasteiger charge is 2.34. The number of hydrogen-bond acceptors (Lipinski definition) is 4. The standard InChI is InChI=1S/C21H22N2O4/c1-14-4-3-5-15(10-14)12-23-13-17(11-19(23)24)20(25)22-18-8-6-16(7-9-18)21(26)27-2/h3-10,17H,11-13H2,1-2H3,(H,22,25). The van der Waals surface area contributed by atoms with Gasteiger partial charge in [0, 0.05) is 25.2 Å². The topological polar surface area (TPSA) is 75.7 Å². The highest BCUT2D eigenvalue weighted by Crippen LogP contribution is 2.22. The summed E-state index contributed by atoms with van der Waals surface area (Å²) in [6.07, 6.45) is 0.206. The van der Waals surface area contributed by atoms with Gasteiger partial charge in [0.25, 0.3) is 0 Å². The minimum Gasteiger partial charge on any atom is -0.465 e. The molecule has 140 valence electrons. The summed E-state index contributed by atoms with van der Waals surface area (Å²) in [6.45, 7) is 2.92. The second-order valence-corrected chi connectivity index (χ2v) is 6.72. The van der Waals surface area contributed by atoms with Crippen LogP contribution in [0.3, 0.4) is 0 Å². The molecule has 2 amide bonds. The molecule has 1 fully saturated rings. The van der Waals surface area contributed by atoms with Gasteiger partial charge < -0.3 is 15.0 Å². The molecule has 1 N–H and O–H groups in total. The number of esters is 1. The molecule has 1 saturated heterocycles. The van der Waals surface area contributed by atoms with Crippen LogP contribution < -0.4 is 5.32 Å². The molecule has 6 heteroatoms. The Balaban J connectivity index is 1.59. The third-order valence-corrected chi connectivity index (χ3v) is 4.61. The molecule has 2 aromatic rings. The van der Waals surface area contributed by atoms with Gasteiger partial charge in [-0.3, -0.25) is 9.59 Å². The zero-order valence-corrected chi connectivity index (χ0v) is 15.4. The normalized spacial score (nSPS) is 16.3. The zero-order valence-electron chi connectivity index (χ0n) is 15.4. The summed E-state index contributed by atoms with van der Waals surface area (Å²) in [5.41, 5.74) is 3.19. The van der Waals surface area contributed by atoms with Crippen LogP contribution in [0.5, 0.6) is 0 Å². The molecule has 0 radical (unpaired) electrons. The van der Waals surface area contributed by atoms with E-state index in [1.54, 1.807) is 29.2 Å². The Morgan fingerprint density at radius 3 is 2.59 bits per heavy atom. The Morgan fingerprint density at radius 2 is 1.93 bits per heavy atom. The Morgan fingerprint density at radius 1 is 1.19 bits per heavy atom. The van der Waals surface area contributed by atoms with Crippen molar-refractivity contribution in [3.8, 4) is 0 Å². The monoisotopic (exact) mass is 366 g/mol. The molecular weight excluding hydrogens is 344 g/mol. The molecule has 0 spiro atoms. The van der Waals surface area contributed by atoms with Gasteiger partial charge in [-0.15, -0.1) is 0 Å². The van der Waals surface area contributed by atoms with Crippen LogP contribution in [0.25, 0.3) is 0 Å². The van der Waals surface area contributed by atoms with Crippen molar-refractivity contribution in [1.29, 1.82) is 0 Å². The molecule has 3 rings (SSSR count). The van der Waals surface area contributed by atoms with Crippen molar-refractivity contribution in [3.63, 3.8) is 0 Å². The molecule has 0 aliphatic carbocycles. The largest absolute Gasteiger partial charge is 0.465 e. The van der Waals surface area contributed by atoms with Crippen LogP contribution in [-0.2, 0) is 20.9 Å². The van der Waals surface area contributed by atoms with Crippen LogP contribution in [0, 0.1) is 12.8 Å². The second kappa shape index (κ2) is 8.03. The van der Waals surface area contributed by atoms with Gasteiger partial charge in [-0.2, -0.15) is 0 Å². The van der Waals surface area contributed by atoms with Gasteiger partial charge in [-0.25, -0.2) is 4.79 Å². The first kappa shape index (κ1) is 18.6. The number of methoxy groups -OCH3 is 1. The fourth-order valence-corrected chi connectivity index (χ4v) is 3.18. The molecule has 1 unspecified atom stereocenters. The summed E-state index contributed by atoms with van der Waals surface area (Å²) in [5, 5.41) is 2.81. The molecular formula is C21H22N2O4. The van der Waals surface area contributed by atoms with Crippen molar-refractivity contribution >= 4 is 23.5 Å². The Bertz CT molecular complexity index is 861. The molecule has 6 nitrogen and oxygen atoms in total. The highest BCUT2D eigenvalue weighted by atomic mass is 16.5. The minimum absolute atomic E-state index is 0.0160. The van der Waals surface area contributed by atoms with E-state index in [0.717, 1.165) is 11.1 Å². The molecule has 1 aliphatic rings. The Labute approximate surface area is 158 Å². The lowest BCUT2D eigenvalue weighted by atomic mass is 10.1. The number of hydrogen-bond donors (Lipinski definition) is 1. The molecule has 0 bridgehead atoms. The van der Waals surface area contributed by atoms with E-state index in [1.165, 1.54) is 7.11 Å². The van der Waals surface area contributed by atoms with E-state index >= 15 is 0 Å². The molecule has 2 aromatic carbocycles. The van der Waals surface area contributed by atoms with Gasteiger partial charge in [-0.1, -0.05) is 29.8 Å². The number of rotatable bonds is 5. The van der Waals surface area contributed by atoms with E-state index in [9.17, 15) is 14.4 Å². The number of amides is 2. The predicted molar refractivity (Wildman–Crippen MR) is 101 cm³/mol. The minimum atomic E-state index is -0.430. The van der Waals surface area contributed by atoms with Gasteiger partial charge in [0.05, 0.1) is 18.6 Å². The fourth-order valence-electron chi connectivity index (χ4n) is 3.18. The number of nitrogens with zero attached hydrogens (tertiary/aromatic N) is 1. The third-order valence-electron chi connectivity index (χ3n) is 4.61. The lowest BCUT2D eigenvalue weighted by Gasteiger charge is -2.17. The summed E-state index contributed by atoms with van der Waals surface area (Å²) in [4.78, 5) is 38.0. The zero-order chi connectivity index (χ0) is 19.4. The van der Waals surface area contributed by atoms with E-state index in [0.29, 0.717) is 24.3 Å². The van der Waals surface area contributed by atoms with Crippen molar-refractivity contribution in [2.45, 2.75) is 19.9 Å². The van der Waals surface area contributed by atoms with Crippen LogP contribution in [0.4, 0.5) is 5.69 Å². The number of anilines is 1. The number of aryl methyl sites for hydroxylation is 1. The van der Waals surface area contributed by atoms with Gasteiger partial charge in [-0.05, 0) is 36.8 Å². The van der Waals surface area contributed by atoms with Gasteiger partial charge in [0.2, 0.25) is 11.8 Å². The summed E-state index contributed by atoms with van der Waals surface area (Å²) in [5.74, 6) is -1.03. The maximum absolute atomic E-state index is 12.5. The van der Waals surface area contributed by atoms with Crippen molar-refractivity contribution in [1.82, 2.24) is 4.90 Å². The molecule has 27 heavy (non-hydrogen) atoms. The summed E-state index contributed by atoms with van der Waals surface area (Å²) in [7, 11) is 1.32. The first-order valence-corrected chi connectivity index (χ1v) is 8.79. The first-order chi connectivity index (χ1) is 13.0. The molecule has 1 atom stereocenters. The number of nitrogens with one attached hydrogen (secondary N) is 1. The van der Waals surface area contributed by atoms with Crippen molar-refractivity contribution in [3.05, 3.63) is 65.2 Å². The molecule has 1 heterocycles. The molecule has 1 aliphatic heterocycles. The number of carbonyl (C=O) groups is 3. The first-order valence-electron chi connectivity index (χ1n) is 8.79. The average molecular weight is 366 g/mol. The van der Waals surface area contributed by atoms with Gasteiger partial charge in [0.15, 0.2) is 0 Å². The lowest BCUT2D eigenvalue weighted by molar-refractivity contribution is -0.128. The highest BCUT2D eigenvalue weighted by molar-refractivity contribution is 5.97. The second-order valence-electron chi connectivity index (χ2n) is 6.72.